The van der Waals surface area contributed by atoms with Gasteiger partial charge in [-0.1, -0.05) is 42.1 Å². The summed E-state index contributed by atoms with van der Waals surface area (Å²) in [5.74, 6) is -1.03. The van der Waals surface area contributed by atoms with E-state index in [1.807, 2.05) is 30.3 Å². The van der Waals surface area contributed by atoms with Crippen LogP contribution in [-0.4, -0.2) is 20.9 Å². The van der Waals surface area contributed by atoms with Crippen molar-refractivity contribution in [3.05, 3.63) is 77.6 Å². The Balaban J connectivity index is 1.86. The molecule has 5 nitrogen and oxygen atoms in total. The van der Waals surface area contributed by atoms with Gasteiger partial charge in [-0.05, 0) is 43.1 Å². The molecule has 28 heavy (non-hydrogen) atoms. The lowest BCUT2D eigenvalue weighted by Gasteiger charge is -2.35. The van der Waals surface area contributed by atoms with Gasteiger partial charge < -0.3 is 5.73 Å². The van der Waals surface area contributed by atoms with E-state index < -0.39 is 16.5 Å². The fourth-order valence-electron chi connectivity index (χ4n) is 3.15. The molecule has 9 heteroatoms. The Morgan fingerprint density at radius 3 is 2.64 bits per heavy atom. The Hall–Kier alpha value is -2.36. The number of hydrazone groups is 1. The summed E-state index contributed by atoms with van der Waals surface area (Å²) in [5.41, 5.74) is 6.91. The van der Waals surface area contributed by atoms with Gasteiger partial charge in [0.15, 0.2) is 0 Å². The first-order valence-electron chi connectivity index (χ1n) is 8.69. The van der Waals surface area contributed by atoms with Crippen molar-refractivity contribution in [2.45, 2.75) is 17.7 Å². The summed E-state index contributed by atoms with van der Waals surface area (Å²) < 4.78 is 32.4. The first-order chi connectivity index (χ1) is 13.6. The van der Waals surface area contributed by atoms with Crippen molar-refractivity contribution in [3.63, 3.8) is 0 Å². The molecule has 0 saturated carbocycles. The number of halogens is 2. The molecule has 0 spiro atoms. The van der Waals surface area contributed by atoms with Crippen LogP contribution in [0.2, 0.25) is 0 Å². The molecule has 1 unspecified atom stereocenters. The fraction of sp³-hybridized carbons (Fsp3) is 0.211. The molecule has 2 aromatic carbocycles. The van der Waals surface area contributed by atoms with E-state index in [4.69, 9.17) is 5.73 Å². The number of hydrogen-bond acceptors (Lipinski definition) is 7. The predicted molar refractivity (Wildman–Crippen MR) is 109 cm³/mol. The van der Waals surface area contributed by atoms with Crippen LogP contribution < -0.4 is 10.7 Å². The zero-order valence-corrected chi connectivity index (χ0v) is 16.4. The lowest BCUT2D eigenvalue weighted by Crippen LogP contribution is -2.38. The van der Waals surface area contributed by atoms with Crippen molar-refractivity contribution >= 4 is 33.5 Å². The molecule has 4 rings (SSSR count). The van der Waals surface area contributed by atoms with Crippen LogP contribution in [0.25, 0.3) is 0 Å². The summed E-state index contributed by atoms with van der Waals surface area (Å²) in [4.78, 5) is 3.64. The second kappa shape index (κ2) is 7.94. The van der Waals surface area contributed by atoms with Crippen LogP contribution >= 0.6 is 23.3 Å². The van der Waals surface area contributed by atoms with Crippen LogP contribution in [0.3, 0.4) is 0 Å². The van der Waals surface area contributed by atoms with E-state index in [0.717, 1.165) is 24.1 Å². The quantitative estimate of drug-likeness (QED) is 0.647. The van der Waals surface area contributed by atoms with Gasteiger partial charge in [-0.25, -0.2) is 18.8 Å². The maximum absolute atomic E-state index is 14.5. The topological polar surface area (TPSA) is 67.4 Å². The lowest BCUT2D eigenvalue weighted by molar-refractivity contribution is 0.526. The average molecular weight is 418 g/mol. The number of aromatic nitrogens is 2. The van der Waals surface area contributed by atoms with Gasteiger partial charge in [0.2, 0.25) is 5.13 Å². The van der Waals surface area contributed by atoms with E-state index in [-0.39, 0.29) is 5.56 Å². The molecule has 0 saturated heterocycles. The number of hydrogen-bond donors (Lipinski definition) is 1. The number of thioether (sulfide) groups is 1. The minimum absolute atomic E-state index is 0.130. The van der Waals surface area contributed by atoms with Crippen molar-refractivity contribution in [1.29, 1.82) is 0 Å². The van der Waals surface area contributed by atoms with Gasteiger partial charge in [-0.3, -0.25) is 0 Å². The molecule has 0 radical (unpaired) electrons. The van der Waals surface area contributed by atoms with Crippen LogP contribution in [-0.2, 0) is 4.87 Å². The zero-order chi connectivity index (χ0) is 19.6. The van der Waals surface area contributed by atoms with Crippen LogP contribution in [0.1, 0.15) is 24.0 Å². The summed E-state index contributed by atoms with van der Waals surface area (Å²) in [6, 6.07) is 13.2. The molecular formula is C19H17F2N5S2. The Bertz CT molecular complexity index is 981. The molecule has 2 N–H and O–H groups in total. The summed E-state index contributed by atoms with van der Waals surface area (Å²) >= 11 is 2.59. The zero-order valence-electron chi connectivity index (χ0n) is 14.8. The van der Waals surface area contributed by atoms with Gasteiger partial charge in [-0.2, -0.15) is 9.47 Å². The third-order valence-corrected chi connectivity index (χ3v) is 6.52. The van der Waals surface area contributed by atoms with Crippen LogP contribution in [0.4, 0.5) is 13.9 Å². The molecule has 0 aliphatic carbocycles. The standard InChI is InChI=1S/C19H17F2N5S2/c20-14-7-8-16(21)15(11-14)17-25-26(18-23-12-24-28-18)19(27-17,9-4-10-22)13-5-2-1-3-6-13/h1-3,5-8,11-12H,4,9-10,22H2. The summed E-state index contributed by atoms with van der Waals surface area (Å²) in [5, 5.41) is 7.40. The predicted octanol–water partition coefficient (Wildman–Crippen LogP) is 4.32. The highest BCUT2D eigenvalue weighted by Crippen LogP contribution is 2.52. The molecule has 1 aromatic heterocycles. The highest BCUT2D eigenvalue weighted by Gasteiger charge is 2.47. The van der Waals surface area contributed by atoms with Crippen LogP contribution in [0, 0.1) is 11.6 Å². The van der Waals surface area contributed by atoms with E-state index in [2.05, 4.69) is 14.5 Å². The molecular weight excluding hydrogens is 400 g/mol. The van der Waals surface area contributed by atoms with Gasteiger partial charge in [-0.15, -0.1) is 0 Å². The summed E-state index contributed by atoms with van der Waals surface area (Å²) in [7, 11) is 0. The Morgan fingerprint density at radius 2 is 1.93 bits per heavy atom. The second-order valence-electron chi connectivity index (χ2n) is 6.21. The monoisotopic (exact) mass is 417 g/mol. The maximum Gasteiger partial charge on any atom is 0.227 e. The number of anilines is 1. The molecule has 2 heterocycles. The number of rotatable bonds is 6. The summed E-state index contributed by atoms with van der Waals surface area (Å²) in [6.07, 6.45) is 2.84. The van der Waals surface area contributed by atoms with E-state index in [9.17, 15) is 8.78 Å². The summed E-state index contributed by atoms with van der Waals surface area (Å²) in [6.45, 7) is 0.503. The number of benzene rings is 2. The Kier molecular flexibility index (Phi) is 5.38. The molecule has 0 amide bonds. The third-order valence-electron chi connectivity index (χ3n) is 4.43. The SMILES string of the molecule is NCCCC1(c2ccccc2)SC(c2cc(F)ccc2F)=NN1c1ncns1. The molecule has 3 aromatic rings. The molecule has 1 aliphatic heterocycles. The normalized spacial score (nSPS) is 19.1. The van der Waals surface area contributed by atoms with Gasteiger partial charge in [0.25, 0.3) is 0 Å². The van der Waals surface area contributed by atoms with Gasteiger partial charge in [0.1, 0.15) is 27.9 Å². The van der Waals surface area contributed by atoms with Gasteiger partial charge >= 0.3 is 0 Å². The molecule has 144 valence electrons. The Morgan fingerprint density at radius 1 is 1.11 bits per heavy atom. The lowest BCUT2D eigenvalue weighted by atomic mass is 10.0. The van der Waals surface area contributed by atoms with Crippen molar-refractivity contribution in [2.24, 2.45) is 10.8 Å². The van der Waals surface area contributed by atoms with Gasteiger partial charge in [0.05, 0.1) is 0 Å². The smallest absolute Gasteiger partial charge is 0.227 e. The van der Waals surface area contributed by atoms with Crippen molar-refractivity contribution in [1.82, 2.24) is 9.36 Å². The second-order valence-corrected chi connectivity index (χ2v) is 8.23. The maximum atomic E-state index is 14.5. The highest BCUT2D eigenvalue weighted by molar-refractivity contribution is 8.15. The van der Waals surface area contributed by atoms with E-state index in [1.54, 1.807) is 5.01 Å². The molecule has 0 bridgehead atoms. The average Bonchev–Trinajstić information content (AvgIpc) is 3.37. The van der Waals surface area contributed by atoms with Crippen LogP contribution in [0.15, 0.2) is 60.0 Å². The minimum atomic E-state index is -0.672. The molecule has 1 atom stereocenters. The van der Waals surface area contributed by atoms with Gasteiger partial charge in [0, 0.05) is 17.1 Å². The van der Waals surface area contributed by atoms with Crippen LogP contribution in [0.5, 0.6) is 0 Å². The fourth-order valence-corrected chi connectivity index (χ4v) is 5.18. The van der Waals surface area contributed by atoms with Crippen molar-refractivity contribution < 1.29 is 8.78 Å². The first-order valence-corrected chi connectivity index (χ1v) is 10.3. The van der Waals surface area contributed by atoms with E-state index >= 15 is 0 Å². The molecule has 0 fully saturated rings. The highest BCUT2D eigenvalue weighted by atomic mass is 32.2. The number of nitrogens with zero attached hydrogens (tertiary/aromatic N) is 4. The Labute approximate surface area is 169 Å². The number of nitrogens with two attached hydrogens (primary N) is 1. The minimum Gasteiger partial charge on any atom is -0.330 e. The van der Waals surface area contributed by atoms with E-state index in [0.29, 0.717) is 23.1 Å². The van der Waals surface area contributed by atoms with E-state index in [1.165, 1.54) is 35.7 Å². The van der Waals surface area contributed by atoms with Crippen molar-refractivity contribution in [2.75, 3.05) is 11.6 Å². The van der Waals surface area contributed by atoms with Crippen molar-refractivity contribution in [3.8, 4) is 0 Å². The largest absolute Gasteiger partial charge is 0.330 e. The first kappa shape index (κ1) is 19.0. The molecule has 1 aliphatic rings. The third kappa shape index (κ3) is 3.41.